The number of aromatic amines is 2. The largest absolute Gasteiger partial charge is 0.477 e. The molecule has 10 heteroatoms. The molecule has 0 amide bonds. The van der Waals surface area contributed by atoms with E-state index in [1.165, 1.54) is 7.11 Å². The molecule has 0 saturated heterocycles. The van der Waals surface area contributed by atoms with E-state index < -0.39 is 23.2 Å². The number of unbranched alkanes of at least 4 members (excludes halogenated alkanes) is 1. The second-order valence-electron chi connectivity index (χ2n) is 5.94. The van der Waals surface area contributed by atoms with Crippen LogP contribution in [0.1, 0.15) is 44.8 Å². The van der Waals surface area contributed by atoms with E-state index in [2.05, 4.69) is 4.98 Å². The third-order valence-corrected chi connectivity index (χ3v) is 3.93. The maximum Gasteiger partial charge on any atom is 0.352 e. The van der Waals surface area contributed by atoms with Crippen LogP contribution in [0, 0.1) is 0 Å². The first-order valence-corrected chi connectivity index (χ1v) is 8.91. The molecule has 0 aliphatic rings. The summed E-state index contributed by atoms with van der Waals surface area (Å²) in [6.45, 7) is 0.472. The van der Waals surface area contributed by atoms with E-state index in [1.807, 2.05) is 17.1 Å². The Kier molecular flexibility index (Phi) is 10.1. The summed E-state index contributed by atoms with van der Waals surface area (Å²) >= 11 is 0. The number of carbonyl (C=O) groups excluding carboxylic acids is 1. The zero-order valence-corrected chi connectivity index (χ0v) is 16.1. The number of rotatable bonds is 8. The maximum atomic E-state index is 11.8. The zero-order valence-electron chi connectivity index (χ0n) is 16.1. The zero-order chi connectivity index (χ0) is 21.8. The van der Waals surface area contributed by atoms with Gasteiger partial charge in [-0.05, 0) is 37.3 Å². The number of esters is 1. The van der Waals surface area contributed by atoms with Crippen LogP contribution in [0.3, 0.4) is 0 Å². The van der Waals surface area contributed by atoms with Gasteiger partial charge in [-0.15, -0.1) is 0 Å². The summed E-state index contributed by atoms with van der Waals surface area (Å²) in [5.41, 5.74) is 4.19. The van der Waals surface area contributed by atoms with Crippen LogP contribution in [0.25, 0.3) is 0 Å². The number of carboxylic acids is 1. The molecule has 158 valence electrons. The van der Waals surface area contributed by atoms with Gasteiger partial charge in [0.15, 0.2) is 0 Å². The Morgan fingerprint density at radius 3 is 2.31 bits per heavy atom. The molecule has 0 unspecified atom stereocenters. The number of aromatic carboxylic acids is 1. The van der Waals surface area contributed by atoms with Gasteiger partial charge in [-0.3, -0.25) is 9.78 Å². The molecule has 10 nitrogen and oxygen atoms in total. The molecule has 0 bridgehead atoms. The normalized spacial score (nSPS) is 10.0. The van der Waals surface area contributed by atoms with Crippen LogP contribution >= 0.6 is 0 Å². The summed E-state index contributed by atoms with van der Waals surface area (Å²) in [5.74, 6) is -1.77. The van der Waals surface area contributed by atoms with Gasteiger partial charge in [-0.1, -0.05) is 18.2 Å². The van der Waals surface area contributed by atoms with Gasteiger partial charge in [0.1, 0.15) is 5.69 Å². The van der Waals surface area contributed by atoms with Crippen molar-refractivity contribution in [2.45, 2.75) is 25.7 Å². The Hall–Kier alpha value is -3.24. The Morgan fingerprint density at radius 1 is 1.10 bits per heavy atom. The SMILES string of the molecule is COC(=O)c1ccccc1CCCCc1c(C(=O)O)[nH]c(=O)[nH]c1=O.NCCO. The van der Waals surface area contributed by atoms with E-state index in [0.717, 1.165) is 5.56 Å². The van der Waals surface area contributed by atoms with Gasteiger partial charge >= 0.3 is 17.6 Å². The molecule has 2 rings (SSSR count). The van der Waals surface area contributed by atoms with Crippen molar-refractivity contribution < 1.29 is 24.5 Å². The minimum atomic E-state index is -1.35. The molecule has 0 radical (unpaired) electrons. The van der Waals surface area contributed by atoms with Crippen LogP contribution in [-0.4, -0.2) is 52.4 Å². The molecule has 29 heavy (non-hydrogen) atoms. The van der Waals surface area contributed by atoms with Crippen molar-refractivity contribution in [3.05, 3.63) is 67.5 Å². The molecule has 0 aliphatic heterocycles. The van der Waals surface area contributed by atoms with Crippen LogP contribution in [0.2, 0.25) is 0 Å². The Balaban J connectivity index is 0.000000960. The standard InChI is InChI=1S/C17H18N2O6.C2H7NO/c1-25-16(23)11-8-4-2-6-10(11)7-3-5-9-12-13(15(21)22)18-17(24)19-14(12)20;3-1-2-4/h2,4,6,8H,3,5,7,9H2,1H3,(H,21,22)(H2,18,19,20,24);4H,1-3H2. The fourth-order valence-electron chi connectivity index (χ4n) is 2.60. The number of aryl methyl sites for hydroxylation is 1. The minimum absolute atomic E-state index is 0.0355. The van der Waals surface area contributed by atoms with Crippen LogP contribution in [0.15, 0.2) is 33.9 Å². The summed E-state index contributed by atoms with van der Waals surface area (Å²) in [4.78, 5) is 50.1. The molecule has 0 aliphatic carbocycles. The van der Waals surface area contributed by atoms with Crippen molar-refractivity contribution in [2.24, 2.45) is 5.73 Å². The predicted molar refractivity (Wildman–Crippen MR) is 105 cm³/mol. The molecule has 1 heterocycles. The summed E-state index contributed by atoms with van der Waals surface area (Å²) in [5, 5.41) is 16.8. The Morgan fingerprint density at radius 2 is 1.72 bits per heavy atom. The number of aliphatic hydroxyl groups is 1. The summed E-state index contributed by atoms with van der Waals surface area (Å²) in [6, 6.07) is 7.06. The predicted octanol–water partition coefficient (Wildman–Crippen LogP) is 0.0508. The first-order chi connectivity index (χ1) is 13.8. The number of H-pyrrole nitrogens is 2. The molecule has 0 atom stereocenters. The van der Waals surface area contributed by atoms with Crippen molar-refractivity contribution in [2.75, 3.05) is 20.3 Å². The lowest BCUT2D eigenvalue weighted by Gasteiger charge is -2.08. The second-order valence-corrected chi connectivity index (χ2v) is 5.94. The van der Waals surface area contributed by atoms with E-state index in [9.17, 15) is 19.2 Å². The molecule has 0 fully saturated rings. The fraction of sp³-hybridized carbons (Fsp3) is 0.368. The second kappa shape index (κ2) is 12.3. The molecule has 1 aromatic heterocycles. The van der Waals surface area contributed by atoms with E-state index in [4.69, 9.17) is 20.7 Å². The maximum absolute atomic E-state index is 11.8. The minimum Gasteiger partial charge on any atom is -0.477 e. The van der Waals surface area contributed by atoms with Gasteiger partial charge in [0.05, 0.1) is 19.3 Å². The lowest BCUT2D eigenvalue weighted by Crippen LogP contribution is -2.30. The van der Waals surface area contributed by atoms with Crippen molar-refractivity contribution in [3.8, 4) is 0 Å². The highest BCUT2D eigenvalue weighted by molar-refractivity contribution is 5.91. The molecule has 6 N–H and O–H groups in total. The summed E-state index contributed by atoms with van der Waals surface area (Å²) in [6.07, 6.45) is 1.93. The highest BCUT2D eigenvalue weighted by atomic mass is 16.5. The number of nitrogens with one attached hydrogen (secondary N) is 2. The number of methoxy groups -OCH3 is 1. The van der Waals surface area contributed by atoms with Crippen LogP contribution < -0.4 is 17.0 Å². The molecule has 2 aromatic rings. The number of ether oxygens (including phenoxy) is 1. The lowest BCUT2D eigenvalue weighted by molar-refractivity contribution is 0.0598. The molecule has 0 spiro atoms. The highest BCUT2D eigenvalue weighted by Crippen LogP contribution is 2.14. The summed E-state index contributed by atoms with van der Waals surface area (Å²) in [7, 11) is 1.31. The van der Waals surface area contributed by atoms with Gasteiger partial charge < -0.3 is 25.7 Å². The topological polar surface area (TPSA) is 176 Å². The number of aliphatic hydroxyl groups excluding tert-OH is 1. The van der Waals surface area contributed by atoms with Gasteiger partial charge in [0.25, 0.3) is 5.56 Å². The van der Waals surface area contributed by atoms with Crippen molar-refractivity contribution in [3.63, 3.8) is 0 Å². The monoisotopic (exact) mass is 407 g/mol. The number of carbonyl (C=O) groups is 2. The van der Waals surface area contributed by atoms with Crippen LogP contribution in [-0.2, 0) is 17.6 Å². The third-order valence-electron chi connectivity index (χ3n) is 3.93. The van der Waals surface area contributed by atoms with E-state index in [1.54, 1.807) is 12.1 Å². The van der Waals surface area contributed by atoms with Gasteiger partial charge in [-0.2, -0.15) is 0 Å². The quantitative estimate of drug-likeness (QED) is 0.301. The van der Waals surface area contributed by atoms with E-state index >= 15 is 0 Å². The smallest absolute Gasteiger partial charge is 0.352 e. The molecule has 0 saturated carbocycles. The highest BCUT2D eigenvalue weighted by Gasteiger charge is 2.15. The van der Waals surface area contributed by atoms with Crippen molar-refractivity contribution >= 4 is 11.9 Å². The first-order valence-electron chi connectivity index (χ1n) is 8.91. The summed E-state index contributed by atoms with van der Waals surface area (Å²) < 4.78 is 4.74. The molecular formula is C19H25N3O7. The van der Waals surface area contributed by atoms with Crippen LogP contribution in [0.4, 0.5) is 0 Å². The van der Waals surface area contributed by atoms with Crippen LogP contribution in [0.5, 0.6) is 0 Å². The van der Waals surface area contributed by atoms with Crippen molar-refractivity contribution in [1.29, 1.82) is 0 Å². The van der Waals surface area contributed by atoms with Gasteiger partial charge in [-0.25, -0.2) is 14.4 Å². The average molecular weight is 407 g/mol. The average Bonchev–Trinajstić information content (AvgIpc) is 2.71. The van der Waals surface area contributed by atoms with E-state index in [-0.39, 0.29) is 24.3 Å². The van der Waals surface area contributed by atoms with E-state index in [0.29, 0.717) is 31.4 Å². The van der Waals surface area contributed by atoms with Crippen molar-refractivity contribution in [1.82, 2.24) is 9.97 Å². The number of hydrogen-bond acceptors (Lipinski definition) is 7. The number of benzene rings is 1. The fourth-order valence-corrected chi connectivity index (χ4v) is 2.60. The number of carboxylic acid groups (broad SMARTS) is 1. The molecular weight excluding hydrogens is 382 g/mol. The third kappa shape index (κ3) is 7.35. The molecule has 1 aromatic carbocycles. The number of nitrogens with two attached hydrogens (primary N) is 1. The first kappa shape index (κ1) is 23.8. The van der Waals surface area contributed by atoms with Gasteiger partial charge in [0.2, 0.25) is 0 Å². The number of hydrogen-bond donors (Lipinski definition) is 5. The van der Waals surface area contributed by atoms with Gasteiger partial charge in [0, 0.05) is 12.1 Å². The Labute approximate surface area is 166 Å². The lowest BCUT2D eigenvalue weighted by atomic mass is 10.00. The Bertz CT molecular complexity index is 932. The number of aromatic nitrogens is 2.